The molecule has 9 heteroatoms. The van der Waals surface area contributed by atoms with E-state index in [-0.39, 0.29) is 11.4 Å². The zero-order valence-electron chi connectivity index (χ0n) is 14.3. The second-order valence-electron chi connectivity index (χ2n) is 6.04. The number of nitrogens with zero attached hydrogens (tertiary/aromatic N) is 1. The topological polar surface area (TPSA) is 95.6 Å². The molecule has 2 aromatic rings. The van der Waals surface area contributed by atoms with Gasteiger partial charge in [0.15, 0.2) is 0 Å². The van der Waals surface area contributed by atoms with Crippen LogP contribution in [0.3, 0.4) is 0 Å². The SMILES string of the molecule is O=C(NNC(=O)C1CCCN1S(=O)(=O)c1ccc(Cl)cc1)c1ccccc1. The summed E-state index contributed by atoms with van der Waals surface area (Å²) in [7, 11) is -3.84. The molecule has 1 unspecified atom stereocenters. The van der Waals surface area contributed by atoms with Crippen LogP contribution in [-0.2, 0) is 14.8 Å². The number of rotatable bonds is 4. The van der Waals surface area contributed by atoms with E-state index in [1.54, 1.807) is 30.3 Å². The highest BCUT2D eigenvalue weighted by Crippen LogP contribution is 2.26. The van der Waals surface area contributed by atoms with E-state index < -0.39 is 27.9 Å². The second kappa shape index (κ2) is 8.08. The zero-order valence-corrected chi connectivity index (χ0v) is 15.8. The number of benzene rings is 2. The van der Waals surface area contributed by atoms with Crippen LogP contribution >= 0.6 is 11.6 Å². The largest absolute Gasteiger partial charge is 0.271 e. The average Bonchev–Trinajstić information content (AvgIpc) is 3.18. The summed E-state index contributed by atoms with van der Waals surface area (Å²) in [5.74, 6) is -1.05. The Morgan fingerprint density at radius 2 is 1.67 bits per heavy atom. The lowest BCUT2D eigenvalue weighted by Crippen LogP contribution is -2.51. The Morgan fingerprint density at radius 1 is 1.00 bits per heavy atom. The number of carbonyl (C=O) groups is 2. The minimum absolute atomic E-state index is 0.0694. The minimum atomic E-state index is -3.84. The van der Waals surface area contributed by atoms with E-state index in [2.05, 4.69) is 10.9 Å². The number of hydrogen-bond donors (Lipinski definition) is 2. The molecule has 1 aliphatic rings. The molecule has 2 aromatic carbocycles. The molecule has 0 spiro atoms. The Balaban J connectivity index is 1.69. The maximum Gasteiger partial charge on any atom is 0.269 e. The number of amides is 2. The van der Waals surface area contributed by atoms with Crippen molar-refractivity contribution in [2.45, 2.75) is 23.8 Å². The van der Waals surface area contributed by atoms with Crippen LogP contribution in [0.15, 0.2) is 59.5 Å². The fourth-order valence-corrected chi connectivity index (χ4v) is 4.68. The number of hydrazine groups is 1. The summed E-state index contributed by atoms with van der Waals surface area (Å²) in [6, 6.07) is 13.3. The van der Waals surface area contributed by atoms with Gasteiger partial charge in [-0.3, -0.25) is 20.4 Å². The normalized spacial score (nSPS) is 17.4. The Labute approximate surface area is 162 Å². The van der Waals surface area contributed by atoms with E-state index in [0.29, 0.717) is 23.4 Å². The van der Waals surface area contributed by atoms with Crippen molar-refractivity contribution < 1.29 is 18.0 Å². The fourth-order valence-electron chi connectivity index (χ4n) is 2.90. The molecule has 1 atom stereocenters. The molecule has 2 N–H and O–H groups in total. The quantitative estimate of drug-likeness (QED) is 0.757. The van der Waals surface area contributed by atoms with Crippen LogP contribution in [0.25, 0.3) is 0 Å². The molecule has 1 fully saturated rings. The molecule has 0 saturated carbocycles. The first kappa shape index (κ1) is 19.3. The molecule has 2 amide bonds. The minimum Gasteiger partial charge on any atom is -0.271 e. The first-order valence-electron chi connectivity index (χ1n) is 8.32. The van der Waals surface area contributed by atoms with Gasteiger partial charge in [-0.2, -0.15) is 4.31 Å². The third-order valence-corrected chi connectivity index (χ3v) is 6.44. The number of hydrogen-bond acceptors (Lipinski definition) is 4. The van der Waals surface area contributed by atoms with Gasteiger partial charge in [-0.25, -0.2) is 8.42 Å². The molecule has 1 aliphatic heterocycles. The van der Waals surface area contributed by atoms with Crippen molar-refractivity contribution in [3.63, 3.8) is 0 Å². The lowest BCUT2D eigenvalue weighted by molar-refractivity contribution is -0.125. The van der Waals surface area contributed by atoms with Crippen molar-refractivity contribution in [1.29, 1.82) is 0 Å². The highest BCUT2D eigenvalue weighted by molar-refractivity contribution is 7.89. The third kappa shape index (κ3) is 4.29. The number of sulfonamides is 1. The van der Waals surface area contributed by atoms with Crippen molar-refractivity contribution in [2.75, 3.05) is 6.54 Å². The molecule has 1 heterocycles. The van der Waals surface area contributed by atoms with Crippen molar-refractivity contribution in [3.05, 3.63) is 65.2 Å². The van der Waals surface area contributed by atoms with E-state index in [1.165, 1.54) is 24.3 Å². The van der Waals surface area contributed by atoms with Crippen LogP contribution in [0.2, 0.25) is 5.02 Å². The maximum absolute atomic E-state index is 12.8. The summed E-state index contributed by atoms with van der Waals surface area (Å²) in [4.78, 5) is 24.6. The zero-order chi connectivity index (χ0) is 19.4. The molecule has 3 rings (SSSR count). The smallest absolute Gasteiger partial charge is 0.269 e. The molecule has 7 nitrogen and oxygen atoms in total. The molecule has 27 heavy (non-hydrogen) atoms. The second-order valence-corrected chi connectivity index (χ2v) is 8.36. The lowest BCUT2D eigenvalue weighted by atomic mass is 10.2. The van der Waals surface area contributed by atoms with E-state index in [1.807, 2.05) is 0 Å². The van der Waals surface area contributed by atoms with E-state index >= 15 is 0 Å². The van der Waals surface area contributed by atoms with Gasteiger partial charge in [0.25, 0.3) is 11.8 Å². The summed E-state index contributed by atoms with van der Waals surface area (Å²) in [5.41, 5.74) is 5.02. The molecule has 1 saturated heterocycles. The fraction of sp³-hybridized carbons (Fsp3) is 0.222. The van der Waals surface area contributed by atoms with Crippen LogP contribution in [0, 0.1) is 0 Å². The predicted octanol–water partition coefficient (Wildman–Crippen LogP) is 1.95. The Morgan fingerprint density at radius 3 is 2.33 bits per heavy atom. The van der Waals surface area contributed by atoms with Crippen LogP contribution in [0.1, 0.15) is 23.2 Å². The summed E-state index contributed by atoms with van der Waals surface area (Å²) in [6.07, 6.45) is 0.928. The number of nitrogens with one attached hydrogen (secondary N) is 2. The van der Waals surface area contributed by atoms with Gasteiger partial charge in [0, 0.05) is 17.1 Å². The van der Waals surface area contributed by atoms with Gasteiger partial charge in [-0.05, 0) is 49.2 Å². The van der Waals surface area contributed by atoms with Crippen LogP contribution < -0.4 is 10.9 Å². The van der Waals surface area contributed by atoms with Crippen molar-refractivity contribution >= 4 is 33.4 Å². The first-order valence-corrected chi connectivity index (χ1v) is 10.1. The highest BCUT2D eigenvalue weighted by Gasteiger charge is 2.39. The van der Waals surface area contributed by atoms with Gasteiger partial charge in [0.05, 0.1) is 4.90 Å². The Kier molecular flexibility index (Phi) is 5.79. The summed E-state index contributed by atoms with van der Waals surface area (Å²) >= 11 is 5.81. The molecule has 0 aromatic heterocycles. The Hall–Kier alpha value is -2.42. The summed E-state index contributed by atoms with van der Waals surface area (Å²) in [5, 5.41) is 0.424. The Bertz CT molecular complexity index is 933. The van der Waals surface area contributed by atoms with Gasteiger partial charge >= 0.3 is 0 Å². The standard InChI is InChI=1S/C18H18ClN3O4S/c19-14-8-10-15(11-9-14)27(25,26)22-12-4-7-16(22)18(24)21-20-17(23)13-5-2-1-3-6-13/h1-3,5-6,8-11,16H,4,7,12H2,(H,20,23)(H,21,24). The molecular formula is C18H18ClN3O4S. The van der Waals surface area contributed by atoms with Gasteiger partial charge in [0.2, 0.25) is 10.0 Å². The third-order valence-electron chi connectivity index (χ3n) is 4.26. The lowest BCUT2D eigenvalue weighted by Gasteiger charge is -2.23. The van der Waals surface area contributed by atoms with Gasteiger partial charge in [-0.1, -0.05) is 29.8 Å². The molecule has 0 bridgehead atoms. The highest BCUT2D eigenvalue weighted by atomic mass is 35.5. The number of halogens is 1. The van der Waals surface area contributed by atoms with Gasteiger partial charge < -0.3 is 0 Å². The summed E-state index contributed by atoms with van der Waals surface area (Å²) in [6.45, 7) is 0.232. The van der Waals surface area contributed by atoms with Crippen molar-refractivity contribution in [2.24, 2.45) is 0 Å². The molecule has 0 radical (unpaired) electrons. The van der Waals surface area contributed by atoms with E-state index in [0.717, 1.165) is 4.31 Å². The van der Waals surface area contributed by atoms with Gasteiger partial charge in [-0.15, -0.1) is 0 Å². The maximum atomic E-state index is 12.8. The average molecular weight is 408 g/mol. The molecular weight excluding hydrogens is 390 g/mol. The van der Waals surface area contributed by atoms with E-state index in [4.69, 9.17) is 11.6 Å². The predicted molar refractivity (Wildman–Crippen MR) is 100 cm³/mol. The van der Waals surface area contributed by atoms with Crippen LogP contribution in [0.4, 0.5) is 0 Å². The molecule has 0 aliphatic carbocycles. The van der Waals surface area contributed by atoms with Gasteiger partial charge in [0.1, 0.15) is 6.04 Å². The van der Waals surface area contributed by atoms with Crippen LogP contribution in [0.5, 0.6) is 0 Å². The number of carbonyl (C=O) groups excluding carboxylic acids is 2. The van der Waals surface area contributed by atoms with E-state index in [9.17, 15) is 18.0 Å². The summed E-state index contributed by atoms with van der Waals surface area (Å²) < 4.78 is 26.8. The molecule has 142 valence electrons. The monoisotopic (exact) mass is 407 g/mol. The first-order chi connectivity index (χ1) is 12.9. The van der Waals surface area contributed by atoms with Crippen LogP contribution in [-0.4, -0.2) is 37.1 Å². The van der Waals surface area contributed by atoms with Crippen molar-refractivity contribution in [3.8, 4) is 0 Å². The van der Waals surface area contributed by atoms with Crippen molar-refractivity contribution in [1.82, 2.24) is 15.2 Å².